The monoisotopic (exact) mass is 333 g/mol. The molecule has 2 heterocycles. The third-order valence-electron chi connectivity index (χ3n) is 4.60. The standard InChI is InChI=1S/C21H23N3O/c1-3-18-20(17-11-7-8-13-23-17)19(21(22)25)15(2)24(18)14-12-16-9-5-4-6-10-16/h4-11,13H,3,12,14H2,1-2H3,(H2,22,25). The Balaban J connectivity index is 2.08. The first-order valence-corrected chi connectivity index (χ1v) is 8.60. The van der Waals surface area contributed by atoms with Crippen molar-refractivity contribution in [3.63, 3.8) is 0 Å². The lowest BCUT2D eigenvalue weighted by molar-refractivity contribution is 0.1000. The van der Waals surface area contributed by atoms with Gasteiger partial charge >= 0.3 is 0 Å². The summed E-state index contributed by atoms with van der Waals surface area (Å²) in [6.45, 7) is 4.88. The second kappa shape index (κ2) is 7.34. The van der Waals surface area contributed by atoms with E-state index in [0.29, 0.717) is 5.56 Å². The Bertz CT molecular complexity index is 867. The zero-order valence-electron chi connectivity index (χ0n) is 14.7. The van der Waals surface area contributed by atoms with Gasteiger partial charge in [-0.3, -0.25) is 9.78 Å². The molecule has 0 unspecified atom stereocenters. The van der Waals surface area contributed by atoms with Crippen LogP contribution in [0.15, 0.2) is 54.7 Å². The summed E-state index contributed by atoms with van der Waals surface area (Å²) >= 11 is 0. The van der Waals surface area contributed by atoms with Crippen LogP contribution in [0.3, 0.4) is 0 Å². The minimum Gasteiger partial charge on any atom is -0.366 e. The van der Waals surface area contributed by atoms with Crippen molar-refractivity contribution >= 4 is 5.91 Å². The predicted molar refractivity (Wildman–Crippen MR) is 100 cm³/mol. The maximum Gasteiger partial charge on any atom is 0.251 e. The highest BCUT2D eigenvalue weighted by Gasteiger charge is 2.24. The number of hydrogen-bond donors (Lipinski definition) is 1. The average molecular weight is 333 g/mol. The van der Waals surface area contributed by atoms with Gasteiger partial charge in [0.25, 0.3) is 5.91 Å². The molecule has 3 rings (SSSR count). The molecule has 1 amide bonds. The molecule has 1 aromatic carbocycles. The van der Waals surface area contributed by atoms with Gasteiger partial charge in [0.15, 0.2) is 0 Å². The van der Waals surface area contributed by atoms with E-state index < -0.39 is 5.91 Å². The number of benzene rings is 1. The van der Waals surface area contributed by atoms with Gasteiger partial charge in [-0.2, -0.15) is 0 Å². The lowest BCUT2D eigenvalue weighted by Crippen LogP contribution is -2.14. The third-order valence-corrected chi connectivity index (χ3v) is 4.60. The van der Waals surface area contributed by atoms with Crippen LogP contribution < -0.4 is 5.73 Å². The zero-order valence-corrected chi connectivity index (χ0v) is 14.7. The summed E-state index contributed by atoms with van der Waals surface area (Å²) in [7, 11) is 0. The van der Waals surface area contributed by atoms with Crippen LogP contribution in [0.25, 0.3) is 11.3 Å². The van der Waals surface area contributed by atoms with Crippen molar-refractivity contribution < 1.29 is 4.79 Å². The van der Waals surface area contributed by atoms with E-state index in [-0.39, 0.29) is 0 Å². The fourth-order valence-corrected chi connectivity index (χ4v) is 3.44. The smallest absolute Gasteiger partial charge is 0.251 e. The van der Waals surface area contributed by atoms with Gasteiger partial charge in [0, 0.05) is 29.7 Å². The molecule has 3 aromatic rings. The number of carbonyl (C=O) groups is 1. The molecule has 0 saturated carbocycles. The van der Waals surface area contributed by atoms with Gasteiger partial charge in [0.1, 0.15) is 0 Å². The van der Waals surface area contributed by atoms with Gasteiger partial charge in [-0.25, -0.2) is 0 Å². The van der Waals surface area contributed by atoms with E-state index in [2.05, 4.69) is 28.6 Å². The van der Waals surface area contributed by atoms with E-state index in [0.717, 1.165) is 42.0 Å². The molecule has 0 saturated heterocycles. The summed E-state index contributed by atoms with van der Waals surface area (Å²) in [4.78, 5) is 16.6. The van der Waals surface area contributed by atoms with Gasteiger partial charge in [0.2, 0.25) is 0 Å². The summed E-state index contributed by atoms with van der Waals surface area (Å²) in [5, 5.41) is 0. The first-order valence-electron chi connectivity index (χ1n) is 8.60. The largest absolute Gasteiger partial charge is 0.366 e. The number of amides is 1. The molecule has 0 atom stereocenters. The molecular weight excluding hydrogens is 310 g/mol. The van der Waals surface area contributed by atoms with Crippen molar-refractivity contribution in [3.05, 3.63) is 77.2 Å². The highest BCUT2D eigenvalue weighted by atomic mass is 16.1. The maximum atomic E-state index is 12.2. The van der Waals surface area contributed by atoms with Crippen molar-refractivity contribution in [1.29, 1.82) is 0 Å². The average Bonchev–Trinajstić information content (AvgIpc) is 2.93. The van der Waals surface area contributed by atoms with Gasteiger partial charge in [-0.05, 0) is 37.5 Å². The summed E-state index contributed by atoms with van der Waals surface area (Å²) in [6, 6.07) is 16.1. The molecule has 0 radical (unpaired) electrons. The van der Waals surface area contributed by atoms with Gasteiger partial charge in [-0.15, -0.1) is 0 Å². The summed E-state index contributed by atoms with van der Waals surface area (Å²) in [5.74, 6) is -0.397. The molecule has 0 fully saturated rings. The van der Waals surface area contributed by atoms with Crippen LogP contribution in [0.2, 0.25) is 0 Å². The van der Waals surface area contributed by atoms with Crippen LogP contribution >= 0.6 is 0 Å². The SMILES string of the molecule is CCc1c(-c2ccccn2)c(C(N)=O)c(C)n1CCc1ccccc1. The molecule has 25 heavy (non-hydrogen) atoms. The minimum absolute atomic E-state index is 0.397. The van der Waals surface area contributed by atoms with E-state index in [1.807, 2.05) is 43.3 Å². The number of nitrogens with two attached hydrogens (primary N) is 1. The minimum atomic E-state index is -0.397. The molecule has 0 bridgehead atoms. The molecular formula is C21H23N3O. The van der Waals surface area contributed by atoms with Crippen molar-refractivity contribution in [2.45, 2.75) is 33.2 Å². The Morgan fingerprint density at radius 3 is 2.44 bits per heavy atom. The molecule has 0 aliphatic heterocycles. The molecule has 4 heteroatoms. The molecule has 2 N–H and O–H groups in total. The van der Waals surface area contributed by atoms with Crippen LogP contribution in [0, 0.1) is 6.92 Å². The highest BCUT2D eigenvalue weighted by molar-refractivity contribution is 6.01. The second-order valence-corrected chi connectivity index (χ2v) is 6.10. The highest BCUT2D eigenvalue weighted by Crippen LogP contribution is 2.32. The van der Waals surface area contributed by atoms with Crippen LogP contribution in [-0.2, 0) is 19.4 Å². The Morgan fingerprint density at radius 1 is 1.12 bits per heavy atom. The number of aryl methyl sites for hydroxylation is 1. The Morgan fingerprint density at radius 2 is 1.84 bits per heavy atom. The first-order chi connectivity index (χ1) is 12.1. The van der Waals surface area contributed by atoms with E-state index in [1.165, 1.54) is 5.56 Å². The summed E-state index contributed by atoms with van der Waals surface area (Å²) < 4.78 is 2.22. The van der Waals surface area contributed by atoms with Crippen molar-refractivity contribution in [3.8, 4) is 11.3 Å². The van der Waals surface area contributed by atoms with Crippen molar-refractivity contribution in [1.82, 2.24) is 9.55 Å². The molecule has 2 aromatic heterocycles. The number of hydrogen-bond acceptors (Lipinski definition) is 2. The van der Waals surface area contributed by atoms with Crippen LogP contribution in [0.4, 0.5) is 0 Å². The first kappa shape index (κ1) is 17.0. The summed E-state index contributed by atoms with van der Waals surface area (Å²) in [6.07, 6.45) is 3.47. The number of nitrogens with zero attached hydrogens (tertiary/aromatic N) is 2. The normalized spacial score (nSPS) is 10.8. The number of aromatic nitrogens is 2. The number of rotatable bonds is 6. The zero-order chi connectivity index (χ0) is 17.8. The number of pyridine rings is 1. The number of primary amides is 1. The molecule has 0 spiro atoms. The predicted octanol–water partition coefficient (Wildman–Crippen LogP) is 3.76. The second-order valence-electron chi connectivity index (χ2n) is 6.10. The topological polar surface area (TPSA) is 60.9 Å². The van der Waals surface area contributed by atoms with E-state index in [1.54, 1.807) is 6.20 Å². The Hall–Kier alpha value is -2.88. The van der Waals surface area contributed by atoms with Crippen LogP contribution in [0.5, 0.6) is 0 Å². The molecule has 0 aliphatic rings. The van der Waals surface area contributed by atoms with Gasteiger partial charge in [0.05, 0.1) is 11.3 Å². The van der Waals surface area contributed by atoms with E-state index in [9.17, 15) is 4.79 Å². The quantitative estimate of drug-likeness (QED) is 0.746. The van der Waals surface area contributed by atoms with E-state index in [4.69, 9.17) is 5.73 Å². The van der Waals surface area contributed by atoms with Crippen molar-refractivity contribution in [2.24, 2.45) is 5.73 Å². The Labute approximate surface area is 148 Å². The summed E-state index contributed by atoms with van der Waals surface area (Å²) in [5.41, 5.74) is 11.3. The Kier molecular flexibility index (Phi) is 4.98. The van der Waals surface area contributed by atoms with Crippen molar-refractivity contribution in [2.75, 3.05) is 0 Å². The maximum absolute atomic E-state index is 12.2. The van der Waals surface area contributed by atoms with E-state index >= 15 is 0 Å². The fourth-order valence-electron chi connectivity index (χ4n) is 3.44. The lowest BCUT2D eigenvalue weighted by atomic mass is 10.0. The van der Waals surface area contributed by atoms with Crippen LogP contribution in [0.1, 0.15) is 34.2 Å². The molecule has 128 valence electrons. The van der Waals surface area contributed by atoms with Crippen LogP contribution in [-0.4, -0.2) is 15.5 Å². The van der Waals surface area contributed by atoms with Gasteiger partial charge < -0.3 is 10.3 Å². The molecule has 4 nitrogen and oxygen atoms in total. The third kappa shape index (κ3) is 3.33. The molecule has 0 aliphatic carbocycles. The number of carbonyl (C=O) groups excluding carboxylic acids is 1. The lowest BCUT2D eigenvalue weighted by Gasteiger charge is -2.12. The fraction of sp³-hybridized carbons (Fsp3) is 0.238. The van der Waals surface area contributed by atoms with Gasteiger partial charge in [-0.1, -0.05) is 43.3 Å².